The fourth-order valence-corrected chi connectivity index (χ4v) is 3.25. The number of aryl methyl sites for hydroxylation is 2. The molecule has 2 aromatic carbocycles. The first-order chi connectivity index (χ1) is 10.5. The van der Waals surface area contributed by atoms with Crippen LogP contribution in [0.5, 0.6) is 0 Å². The lowest BCUT2D eigenvalue weighted by molar-refractivity contribution is -0.113. The molecule has 0 atom stereocenters. The van der Waals surface area contributed by atoms with Crippen LogP contribution >= 0.6 is 23.4 Å². The van der Waals surface area contributed by atoms with Gasteiger partial charge in [-0.05, 0) is 48.7 Å². The summed E-state index contributed by atoms with van der Waals surface area (Å²) < 4.78 is 12.8. The lowest BCUT2D eigenvalue weighted by atomic mass is 10.1. The summed E-state index contributed by atoms with van der Waals surface area (Å²) in [7, 11) is 0. The van der Waals surface area contributed by atoms with Crippen molar-refractivity contribution in [2.75, 3.05) is 11.1 Å². The smallest absolute Gasteiger partial charge is 0.234 e. The molecular weight excluding hydrogens is 321 g/mol. The first-order valence-corrected chi connectivity index (χ1v) is 8.38. The summed E-state index contributed by atoms with van der Waals surface area (Å²) >= 11 is 7.64. The minimum Gasteiger partial charge on any atom is -0.324 e. The standard InChI is InChI=1S/C17H17ClFNOS/c1-11-7-12(2)17(15(18)8-11)20-16(21)10-22-9-13-3-5-14(19)6-4-13/h3-8H,9-10H2,1-2H3,(H,20,21). The number of carbonyl (C=O) groups excluding carboxylic acids is 1. The van der Waals surface area contributed by atoms with Gasteiger partial charge in [0, 0.05) is 5.75 Å². The third-order valence-corrected chi connectivity index (χ3v) is 4.41. The molecule has 0 saturated carbocycles. The molecular formula is C17H17ClFNOS. The van der Waals surface area contributed by atoms with Crippen molar-refractivity contribution in [1.29, 1.82) is 0 Å². The van der Waals surface area contributed by atoms with Gasteiger partial charge in [0.2, 0.25) is 5.91 Å². The van der Waals surface area contributed by atoms with Gasteiger partial charge < -0.3 is 5.32 Å². The molecule has 0 fully saturated rings. The number of thioether (sulfide) groups is 1. The first-order valence-electron chi connectivity index (χ1n) is 6.84. The van der Waals surface area contributed by atoms with E-state index < -0.39 is 0 Å². The predicted octanol–water partition coefficient (Wildman–Crippen LogP) is 4.97. The van der Waals surface area contributed by atoms with Gasteiger partial charge >= 0.3 is 0 Å². The van der Waals surface area contributed by atoms with Crippen LogP contribution in [0.3, 0.4) is 0 Å². The van der Waals surface area contributed by atoms with E-state index in [4.69, 9.17) is 11.6 Å². The van der Waals surface area contributed by atoms with Crippen LogP contribution in [0.2, 0.25) is 5.02 Å². The molecule has 0 heterocycles. The number of halogens is 2. The molecule has 0 aromatic heterocycles. The summed E-state index contributed by atoms with van der Waals surface area (Å²) in [6, 6.07) is 10.1. The molecule has 2 nitrogen and oxygen atoms in total. The zero-order valence-corrected chi connectivity index (χ0v) is 14.0. The number of rotatable bonds is 5. The Bertz CT molecular complexity index is 650. The molecule has 22 heavy (non-hydrogen) atoms. The van der Waals surface area contributed by atoms with E-state index in [1.807, 2.05) is 26.0 Å². The monoisotopic (exact) mass is 337 g/mol. The Morgan fingerprint density at radius 2 is 1.91 bits per heavy atom. The molecule has 0 saturated heterocycles. The highest BCUT2D eigenvalue weighted by molar-refractivity contribution is 7.99. The third-order valence-electron chi connectivity index (χ3n) is 3.11. The third kappa shape index (κ3) is 4.75. The van der Waals surface area contributed by atoms with Crippen molar-refractivity contribution in [3.05, 3.63) is 63.9 Å². The van der Waals surface area contributed by atoms with Gasteiger partial charge in [-0.1, -0.05) is 29.8 Å². The fourth-order valence-electron chi connectivity index (χ4n) is 2.09. The largest absolute Gasteiger partial charge is 0.324 e. The number of carbonyl (C=O) groups is 1. The van der Waals surface area contributed by atoms with E-state index in [9.17, 15) is 9.18 Å². The molecule has 2 rings (SSSR count). The van der Waals surface area contributed by atoms with Crippen molar-refractivity contribution in [2.45, 2.75) is 19.6 Å². The number of amides is 1. The number of benzene rings is 2. The lowest BCUT2D eigenvalue weighted by Crippen LogP contribution is -2.15. The van der Waals surface area contributed by atoms with E-state index in [-0.39, 0.29) is 11.7 Å². The second kappa shape index (κ2) is 7.65. The molecule has 0 bridgehead atoms. The van der Waals surface area contributed by atoms with Crippen LogP contribution in [-0.2, 0) is 10.5 Å². The summed E-state index contributed by atoms with van der Waals surface area (Å²) in [5.41, 5.74) is 3.66. The van der Waals surface area contributed by atoms with E-state index in [0.717, 1.165) is 16.7 Å². The summed E-state index contributed by atoms with van der Waals surface area (Å²) in [6.07, 6.45) is 0. The summed E-state index contributed by atoms with van der Waals surface area (Å²) in [5, 5.41) is 3.40. The highest BCUT2D eigenvalue weighted by Gasteiger charge is 2.09. The van der Waals surface area contributed by atoms with Crippen molar-refractivity contribution in [2.24, 2.45) is 0 Å². The number of nitrogens with one attached hydrogen (secondary N) is 1. The van der Waals surface area contributed by atoms with Crippen molar-refractivity contribution in [1.82, 2.24) is 0 Å². The van der Waals surface area contributed by atoms with Crippen LogP contribution in [0, 0.1) is 19.7 Å². The molecule has 2 aromatic rings. The van der Waals surface area contributed by atoms with E-state index in [1.165, 1.54) is 23.9 Å². The molecule has 116 valence electrons. The maximum absolute atomic E-state index is 12.8. The topological polar surface area (TPSA) is 29.1 Å². The number of hydrogen-bond acceptors (Lipinski definition) is 2. The maximum atomic E-state index is 12.8. The van der Waals surface area contributed by atoms with Crippen LogP contribution in [0.1, 0.15) is 16.7 Å². The van der Waals surface area contributed by atoms with Crippen molar-refractivity contribution >= 4 is 35.0 Å². The van der Waals surface area contributed by atoms with Gasteiger partial charge in [-0.2, -0.15) is 0 Å². The molecule has 0 aliphatic carbocycles. The average molecular weight is 338 g/mol. The zero-order valence-electron chi connectivity index (χ0n) is 12.5. The van der Waals surface area contributed by atoms with Crippen LogP contribution in [0.4, 0.5) is 10.1 Å². The van der Waals surface area contributed by atoms with E-state index in [0.29, 0.717) is 22.2 Å². The van der Waals surface area contributed by atoms with Gasteiger partial charge in [0.05, 0.1) is 16.5 Å². The lowest BCUT2D eigenvalue weighted by Gasteiger charge is -2.11. The van der Waals surface area contributed by atoms with E-state index in [2.05, 4.69) is 5.32 Å². The van der Waals surface area contributed by atoms with E-state index in [1.54, 1.807) is 12.1 Å². The molecule has 0 spiro atoms. The van der Waals surface area contributed by atoms with Gasteiger partial charge in [0.15, 0.2) is 0 Å². The molecule has 1 amide bonds. The van der Waals surface area contributed by atoms with Crippen molar-refractivity contribution in [3.8, 4) is 0 Å². The predicted molar refractivity (Wildman–Crippen MR) is 92.1 cm³/mol. The Hall–Kier alpha value is -1.52. The summed E-state index contributed by atoms with van der Waals surface area (Å²) in [5.74, 6) is 0.631. The highest BCUT2D eigenvalue weighted by Crippen LogP contribution is 2.27. The molecule has 0 aliphatic heterocycles. The highest BCUT2D eigenvalue weighted by atomic mass is 35.5. The molecule has 5 heteroatoms. The quantitative estimate of drug-likeness (QED) is 0.834. The fraction of sp³-hybridized carbons (Fsp3) is 0.235. The van der Waals surface area contributed by atoms with Gasteiger partial charge in [-0.15, -0.1) is 11.8 Å². The second-order valence-corrected chi connectivity index (χ2v) is 6.50. The maximum Gasteiger partial charge on any atom is 0.234 e. The summed E-state index contributed by atoms with van der Waals surface area (Å²) in [4.78, 5) is 12.0. The first kappa shape index (κ1) is 16.8. The van der Waals surface area contributed by atoms with Crippen molar-refractivity contribution in [3.63, 3.8) is 0 Å². The molecule has 0 unspecified atom stereocenters. The minimum absolute atomic E-state index is 0.0963. The minimum atomic E-state index is -0.254. The van der Waals surface area contributed by atoms with Gasteiger partial charge in [0.25, 0.3) is 0 Å². The summed E-state index contributed by atoms with van der Waals surface area (Å²) in [6.45, 7) is 3.88. The van der Waals surface area contributed by atoms with Crippen LogP contribution in [-0.4, -0.2) is 11.7 Å². The zero-order chi connectivity index (χ0) is 16.1. The normalized spacial score (nSPS) is 10.5. The van der Waals surface area contributed by atoms with Crippen molar-refractivity contribution < 1.29 is 9.18 Å². The SMILES string of the molecule is Cc1cc(C)c(NC(=O)CSCc2ccc(F)cc2)c(Cl)c1. The Balaban J connectivity index is 1.87. The van der Waals surface area contributed by atoms with Crippen LogP contribution in [0.25, 0.3) is 0 Å². The molecule has 1 N–H and O–H groups in total. The number of hydrogen-bond donors (Lipinski definition) is 1. The van der Waals surface area contributed by atoms with Gasteiger partial charge in [-0.3, -0.25) is 4.79 Å². The van der Waals surface area contributed by atoms with Crippen LogP contribution < -0.4 is 5.32 Å². The Kier molecular flexibility index (Phi) is 5.86. The van der Waals surface area contributed by atoms with E-state index >= 15 is 0 Å². The Morgan fingerprint density at radius 3 is 2.55 bits per heavy atom. The van der Waals surface area contributed by atoms with Gasteiger partial charge in [0.1, 0.15) is 5.82 Å². The molecule has 0 aliphatic rings. The average Bonchev–Trinajstić information content (AvgIpc) is 2.45. The van der Waals surface area contributed by atoms with Crippen LogP contribution in [0.15, 0.2) is 36.4 Å². The Morgan fingerprint density at radius 1 is 1.23 bits per heavy atom. The number of anilines is 1. The molecule has 0 radical (unpaired) electrons. The Labute approximate surface area is 139 Å². The second-order valence-electron chi connectivity index (χ2n) is 5.11. The van der Waals surface area contributed by atoms with Gasteiger partial charge in [-0.25, -0.2) is 4.39 Å².